The monoisotopic (exact) mass is 306 g/mol. The zero-order chi connectivity index (χ0) is 15.1. The van der Waals surface area contributed by atoms with E-state index in [9.17, 15) is 4.79 Å². The van der Waals surface area contributed by atoms with E-state index in [1.54, 1.807) is 11.8 Å². The molecule has 0 fully saturated rings. The molecule has 0 radical (unpaired) electrons. The summed E-state index contributed by atoms with van der Waals surface area (Å²) in [7, 11) is 0. The van der Waals surface area contributed by atoms with Gasteiger partial charge in [-0.1, -0.05) is 42.5 Å². The van der Waals surface area contributed by atoms with Gasteiger partial charge in [-0.25, -0.2) is 4.79 Å². The maximum atomic E-state index is 12.4. The number of thioether (sulfide) groups is 1. The number of furan rings is 1. The second kappa shape index (κ2) is 5.18. The third kappa shape index (κ3) is 2.01. The van der Waals surface area contributed by atoms with Crippen molar-refractivity contribution in [1.29, 1.82) is 0 Å². The SMILES string of the molecule is CSc1cccc2c(C3=CCc4ccccc43)c(=O)oc-2c1. The molecule has 1 aliphatic heterocycles. The Balaban J connectivity index is 1.94. The molecule has 4 rings (SSSR count). The summed E-state index contributed by atoms with van der Waals surface area (Å²) in [5.41, 5.74) is 4.71. The average Bonchev–Trinajstić information content (AvgIpc) is 3.00. The third-order valence-electron chi connectivity index (χ3n) is 4.08. The van der Waals surface area contributed by atoms with Crippen LogP contribution in [0.15, 0.2) is 68.7 Å². The first-order valence-corrected chi connectivity index (χ1v) is 8.40. The van der Waals surface area contributed by atoms with E-state index in [-0.39, 0.29) is 5.63 Å². The van der Waals surface area contributed by atoms with Crippen LogP contribution >= 0.6 is 11.8 Å². The summed E-state index contributed by atoms with van der Waals surface area (Å²) in [5.74, 6) is 0.652. The summed E-state index contributed by atoms with van der Waals surface area (Å²) in [5, 5.41) is 0. The fraction of sp³-hybridized carbons (Fsp3) is 0.105. The molecular formula is C19H14O2S. The van der Waals surface area contributed by atoms with Crippen LogP contribution in [-0.4, -0.2) is 6.26 Å². The number of rotatable bonds is 2. The quantitative estimate of drug-likeness (QED) is 0.655. The highest BCUT2D eigenvalue weighted by Gasteiger charge is 2.25. The van der Waals surface area contributed by atoms with Crippen molar-refractivity contribution in [2.45, 2.75) is 11.3 Å². The number of benzene rings is 1. The lowest BCUT2D eigenvalue weighted by Gasteiger charge is -2.03. The molecule has 0 N–H and O–H groups in total. The fourth-order valence-electron chi connectivity index (χ4n) is 3.03. The number of hydrogen-bond donors (Lipinski definition) is 0. The van der Waals surface area contributed by atoms with Crippen molar-refractivity contribution in [3.63, 3.8) is 0 Å². The second-order valence-corrected chi connectivity index (χ2v) is 6.18. The molecule has 0 saturated heterocycles. The average molecular weight is 306 g/mol. The molecule has 1 aromatic rings. The molecule has 108 valence electrons. The Kier molecular flexibility index (Phi) is 3.16. The highest BCUT2D eigenvalue weighted by molar-refractivity contribution is 7.98. The van der Waals surface area contributed by atoms with Gasteiger partial charge in [0, 0.05) is 10.5 Å². The van der Waals surface area contributed by atoms with Crippen molar-refractivity contribution in [1.82, 2.24) is 0 Å². The maximum Gasteiger partial charge on any atom is 0.344 e. The third-order valence-corrected chi connectivity index (χ3v) is 4.80. The molecule has 1 heterocycles. The summed E-state index contributed by atoms with van der Waals surface area (Å²) >= 11 is 1.64. The normalized spacial score (nSPS) is 13.2. The molecule has 3 heteroatoms. The van der Waals surface area contributed by atoms with Crippen LogP contribution in [0.3, 0.4) is 0 Å². The van der Waals surface area contributed by atoms with Crippen LogP contribution in [0.1, 0.15) is 16.7 Å². The van der Waals surface area contributed by atoms with Crippen LogP contribution in [0, 0.1) is 0 Å². The molecule has 0 saturated carbocycles. The van der Waals surface area contributed by atoms with Crippen LogP contribution in [0.5, 0.6) is 0 Å². The van der Waals surface area contributed by atoms with Gasteiger partial charge in [0.05, 0.1) is 5.56 Å². The lowest BCUT2D eigenvalue weighted by molar-refractivity contribution is 0.543. The second-order valence-electron chi connectivity index (χ2n) is 5.30. The number of allylic oxidation sites excluding steroid dienone is 1. The number of hydrogen-bond acceptors (Lipinski definition) is 3. The summed E-state index contributed by atoms with van der Waals surface area (Å²) in [6.45, 7) is 0. The predicted molar refractivity (Wildman–Crippen MR) is 90.6 cm³/mol. The molecule has 0 amide bonds. The van der Waals surface area contributed by atoms with Gasteiger partial charge in [-0.15, -0.1) is 11.8 Å². The minimum Gasteiger partial charge on any atom is -0.422 e. The molecule has 0 unspecified atom stereocenters. The molecule has 2 nitrogen and oxygen atoms in total. The van der Waals surface area contributed by atoms with Gasteiger partial charge in [-0.2, -0.15) is 0 Å². The van der Waals surface area contributed by atoms with Gasteiger partial charge in [0.25, 0.3) is 0 Å². The van der Waals surface area contributed by atoms with Crippen LogP contribution in [-0.2, 0) is 6.42 Å². The van der Waals surface area contributed by atoms with Gasteiger partial charge < -0.3 is 4.42 Å². The van der Waals surface area contributed by atoms with Gasteiger partial charge in [0.2, 0.25) is 0 Å². The topological polar surface area (TPSA) is 30.2 Å². The summed E-state index contributed by atoms with van der Waals surface area (Å²) in [4.78, 5) is 13.5. The van der Waals surface area contributed by atoms with Crippen LogP contribution in [0.2, 0.25) is 0 Å². The van der Waals surface area contributed by atoms with Gasteiger partial charge in [-0.3, -0.25) is 0 Å². The van der Waals surface area contributed by atoms with Crippen molar-refractivity contribution >= 4 is 17.3 Å². The Hall–Kier alpha value is -2.26. The highest BCUT2D eigenvalue weighted by Crippen LogP contribution is 2.37. The van der Waals surface area contributed by atoms with E-state index in [0.717, 1.165) is 28.0 Å². The van der Waals surface area contributed by atoms with Gasteiger partial charge in [-0.05, 0) is 41.5 Å². The first-order valence-electron chi connectivity index (χ1n) is 7.17. The summed E-state index contributed by atoms with van der Waals surface area (Å²) in [6.07, 6.45) is 5.00. The zero-order valence-corrected chi connectivity index (χ0v) is 12.9. The van der Waals surface area contributed by atoms with E-state index in [1.165, 1.54) is 5.56 Å². The Morgan fingerprint density at radius 2 is 1.86 bits per heavy atom. The van der Waals surface area contributed by atoms with Gasteiger partial charge in [0.15, 0.2) is 0 Å². The lowest BCUT2D eigenvalue weighted by atomic mass is 9.97. The molecule has 2 aliphatic carbocycles. The predicted octanol–water partition coefficient (Wildman–Crippen LogP) is 4.45. The van der Waals surface area contributed by atoms with Gasteiger partial charge in [0.1, 0.15) is 5.76 Å². The van der Waals surface area contributed by atoms with Gasteiger partial charge >= 0.3 is 5.63 Å². The number of fused-ring (bicyclic) bond motifs is 2. The highest BCUT2D eigenvalue weighted by atomic mass is 32.2. The first-order chi connectivity index (χ1) is 10.8. The van der Waals surface area contributed by atoms with E-state index in [2.05, 4.69) is 18.2 Å². The van der Waals surface area contributed by atoms with E-state index >= 15 is 0 Å². The Labute approximate surface area is 132 Å². The van der Waals surface area contributed by atoms with Crippen LogP contribution in [0.4, 0.5) is 0 Å². The summed E-state index contributed by atoms with van der Waals surface area (Å²) in [6, 6.07) is 16.1. The molecule has 0 atom stereocenters. The van der Waals surface area contributed by atoms with E-state index in [0.29, 0.717) is 11.3 Å². The Morgan fingerprint density at radius 1 is 1.05 bits per heavy atom. The minimum absolute atomic E-state index is 0.254. The maximum absolute atomic E-state index is 12.4. The van der Waals surface area contributed by atoms with Crippen molar-refractivity contribution in [2.24, 2.45) is 0 Å². The van der Waals surface area contributed by atoms with Crippen LogP contribution < -0.4 is 5.63 Å². The Bertz CT molecular complexity index is 921. The fourth-order valence-corrected chi connectivity index (χ4v) is 3.47. The smallest absolute Gasteiger partial charge is 0.344 e. The largest absolute Gasteiger partial charge is 0.422 e. The van der Waals surface area contributed by atoms with Crippen molar-refractivity contribution in [3.8, 4) is 11.3 Å². The van der Waals surface area contributed by atoms with Crippen molar-refractivity contribution in [2.75, 3.05) is 6.26 Å². The van der Waals surface area contributed by atoms with Crippen molar-refractivity contribution in [3.05, 3.63) is 81.7 Å². The van der Waals surface area contributed by atoms with Crippen molar-refractivity contribution < 1.29 is 4.42 Å². The summed E-state index contributed by atoms with van der Waals surface area (Å²) < 4.78 is 5.52. The molecule has 22 heavy (non-hydrogen) atoms. The molecule has 0 spiro atoms. The standard InChI is InChI=1S/C19H14O2S/c1-22-13-6-4-8-16-17(11-13)21-19(20)18(16)15-10-9-12-5-2-3-7-14(12)15/h2-8,10-11H,9H2,1H3. The molecule has 0 bridgehead atoms. The molecule has 3 aliphatic rings. The van der Waals surface area contributed by atoms with E-state index in [4.69, 9.17) is 4.42 Å². The van der Waals surface area contributed by atoms with Crippen LogP contribution in [0.25, 0.3) is 16.9 Å². The molecular weight excluding hydrogens is 292 g/mol. The first kappa shape index (κ1) is 13.4. The lowest BCUT2D eigenvalue weighted by Crippen LogP contribution is -2.00. The van der Waals surface area contributed by atoms with E-state index in [1.807, 2.05) is 42.7 Å². The molecule has 1 aromatic carbocycles. The molecule has 0 aromatic heterocycles. The Morgan fingerprint density at radius 3 is 2.73 bits per heavy atom. The van der Waals surface area contributed by atoms with E-state index < -0.39 is 0 Å². The minimum atomic E-state index is -0.254. The zero-order valence-electron chi connectivity index (χ0n) is 12.1.